The van der Waals surface area contributed by atoms with Gasteiger partial charge in [-0.25, -0.2) is 8.78 Å². The average molecular weight is 462 g/mol. The first-order valence-corrected chi connectivity index (χ1v) is 7.89. The van der Waals surface area contributed by atoms with Crippen LogP contribution in [0.25, 0.3) is 0 Å². The maximum atomic E-state index is 13.4. The SMILES string of the molecule is CN=C(NCC(C)c1ccc(F)c(F)c1)N(C)Cc1cccn1C.I. The van der Waals surface area contributed by atoms with Gasteiger partial charge in [-0.3, -0.25) is 4.99 Å². The molecule has 0 bridgehead atoms. The van der Waals surface area contributed by atoms with Crippen molar-refractivity contribution in [3.63, 3.8) is 0 Å². The number of nitrogens with zero attached hydrogens (tertiary/aromatic N) is 3. The largest absolute Gasteiger partial charge is 0.356 e. The highest BCUT2D eigenvalue weighted by Gasteiger charge is 2.12. The smallest absolute Gasteiger partial charge is 0.193 e. The Morgan fingerprint density at radius 1 is 1.28 bits per heavy atom. The van der Waals surface area contributed by atoms with E-state index >= 15 is 0 Å². The lowest BCUT2D eigenvalue weighted by Crippen LogP contribution is -2.40. The first-order chi connectivity index (χ1) is 11.4. The van der Waals surface area contributed by atoms with Crippen LogP contribution in [0.2, 0.25) is 0 Å². The molecule has 1 unspecified atom stereocenters. The fourth-order valence-electron chi connectivity index (χ4n) is 2.54. The zero-order valence-electron chi connectivity index (χ0n) is 15.0. The second kappa shape index (κ2) is 9.74. The third-order valence-electron chi connectivity index (χ3n) is 4.10. The fraction of sp³-hybridized carbons (Fsp3) is 0.389. The maximum Gasteiger partial charge on any atom is 0.193 e. The Bertz CT molecular complexity index is 715. The molecule has 0 radical (unpaired) electrons. The number of aromatic nitrogens is 1. The van der Waals surface area contributed by atoms with Crippen molar-refractivity contribution in [1.29, 1.82) is 0 Å². The van der Waals surface area contributed by atoms with Crippen molar-refractivity contribution in [2.24, 2.45) is 12.0 Å². The van der Waals surface area contributed by atoms with Gasteiger partial charge in [0.15, 0.2) is 17.6 Å². The number of benzene rings is 1. The molecule has 0 saturated carbocycles. The van der Waals surface area contributed by atoms with Gasteiger partial charge in [0.2, 0.25) is 0 Å². The van der Waals surface area contributed by atoms with Crippen molar-refractivity contribution in [1.82, 2.24) is 14.8 Å². The second-order valence-corrected chi connectivity index (χ2v) is 5.97. The summed E-state index contributed by atoms with van der Waals surface area (Å²) in [4.78, 5) is 6.30. The summed E-state index contributed by atoms with van der Waals surface area (Å²) in [5.41, 5.74) is 1.93. The van der Waals surface area contributed by atoms with Gasteiger partial charge in [0.25, 0.3) is 0 Å². The van der Waals surface area contributed by atoms with Crippen molar-refractivity contribution in [2.75, 3.05) is 20.6 Å². The summed E-state index contributed by atoms with van der Waals surface area (Å²) in [6.07, 6.45) is 2.00. The van der Waals surface area contributed by atoms with Crippen molar-refractivity contribution in [3.8, 4) is 0 Å². The number of nitrogens with one attached hydrogen (secondary N) is 1. The van der Waals surface area contributed by atoms with Gasteiger partial charge in [-0.15, -0.1) is 24.0 Å². The summed E-state index contributed by atoms with van der Waals surface area (Å²) in [6, 6.07) is 8.09. The number of hydrogen-bond acceptors (Lipinski definition) is 1. The third-order valence-corrected chi connectivity index (χ3v) is 4.10. The molecule has 1 atom stereocenters. The van der Waals surface area contributed by atoms with Crippen LogP contribution in [0.1, 0.15) is 24.1 Å². The summed E-state index contributed by atoms with van der Waals surface area (Å²) in [6.45, 7) is 3.27. The van der Waals surface area contributed by atoms with Gasteiger partial charge in [-0.1, -0.05) is 13.0 Å². The third kappa shape index (κ3) is 5.69. The van der Waals surface area contributed by atoms with E-state index in [0.29, 0.717) is 6.54 Å². The zero-order valence-corrected chi connectivity index (χ0v) is 17.3. The summed E-state index contributed by atoms with van der Waals surface area (Å²) >= 11 is 0. The summed E-state index contributed by atoms with van der Waals surface area (Å²) < 4.78 is 28.4. The molecule has 0 fully saturated rings. The van der Waals surface area contributed by atoms with Crippen LogP contribution < -0.4 is 5.32 Å². The summed E-state index contributed by atoms with van der Waals surface area (Å²) in [5.74, 6) is -0.854. The molecular formula is C18H25F2IN4. The van der Waals surface area contributed by atoms with Gasteiger partial charge in [0.1, 0.15) is 0 Å². The van der Waals surface area contributed by atoms with E-state index in [4.69, 9.17) is 0 Å². The first kappa shape index (κ1) is 21.4. The second-order valence-electron chi connectivity index (χ2n) is 5.97. The minimum absolute atomic E-state index is 0. The van der Waals surface area contributed by atoms with Gasteiger partial charge < -0.3 is 14.8 Å². The molecule has 2 rings (SSSR count). The average Bonchev–Trinajstić information content (AvgIpc) is 2.95. The van der Waals surface area contributed by atoms with Crippen molar-refractivity contribution in [2.45, 2.75) is 19.4 Å². The quantitative estimate of drug-likeness (QED) is 0.418. The van der Waals surface area contributed by atoms with Crippen molar-refractivity contribution < 1.29 is 8.78 Å². The first-order valence-electron chi connectivity index (χ1n) is 7.89. The van der Waals surface area contributed by atoms with E-state index in [1.54, 1.807) is 13.1 Å². The van der Waals surface area contributed by atoms with E-state index in [1.807, 2.05) is 38.2 Å². The van der Waals surface area contributed by atoms with Crippen LogP contribution in [0.4, 0.5) is 8.78 Å². The summed E-state index contributed by atoms with van der Waals surface area (Å²) in [7, 11) is 5.70. The van der Waals surface area contributed by atoms with Crippen LogP contribution in [0.15, 0.2) is 41.5 Å². The Balaban J connectivity index is 0.00000312. The van der Waals surface area contributed by atoms with E-state index in [-0.39, 0.29) is 29.9 Å². The van der Waals surface area contributed by atoms with Crippen molar-refractivity contribution in [3.05, 3.63) is 59.4 Å². The highest BCUT2D eigenvalue weighted by atomic mass is 127. The van der Waals surface area contributed by atoms with Gasteiger partial charge >= 0.3 is 0 Å². The maximum absolute atomic E-state index is 13.4. The molecule has 0 amide bonds. The Morgan fingerprint density at radius 2 is 2.00 bits per heavy atom. The van der Waals surface area contributed by atoms with Crippen LogP contribution in [-0.2, 0) is 13.6 Å². The van der Waals surface area contributed by atoms with Gasteiger partial charge in [-0.05, 0) is 35.7 Å². The predicted octanol–water partition coefficient (Wildman–Crippen LogP) is 3.73. The molecule has 0 aliphatic carbocycles. The van der Waals surface area contributed by atoms with E-state index < -0.39 is 11.6 Å². The number of halogens is 3. The molecule has 0 aliphatic heterocycles. The van der Waals surface area contributed by atoms with Gasteiger partial charge in [0.05, 0.1) is 6.54 Å². The lowest BCUT2D eigenvalue weighted by Gasteiger charge is -2.24. The molecular weight excluding hydrogens is 437 g/mol. The van der Waals surface area contributed by atoms with E-state index in [2.05, 4.69) is 20.9 Å². The van der Waals surface area contributed by atoms with Gasteiger partial charge in [-0.2, -0.15) is 0 Å². The summed E-state index contributed by atoms with van der Waals surface area (Å²) in [5, 5.41) is 3.28. The van der Waals surface area contributed by atoms with Crippen LogP contribution in [-0.4, -0.2) is 36.1 Å². The number of aryl methyl sites for hydroxylation is 1. The molecule has 2 aromatic rings. The lowest BCUT2D eigenvalue weighted by molar-refractivity contribution is 0.459. The molecule has 0 saturated heterocycles. The topological polar surface area (TPSA) is 32.6 Å². The Labute approximate surface area is 165 Å². The monoisotopic (exact) mass is 462 g/mol. The molecule has 1 aromatic carbocycles. The molecule has 1 aromatic heterocycles. The molecule has 1 heterocycles. The molecule has 4 nitrogen and oxygen atoms in total. The van der Waals surface area contributed by atoms with Crippen LogP contribution in [0.3, 0.4) is 0 Å². The minimum atomic E-state index is -0.822. The molecule has 1 N–H and O–H groups in total. The molecule has 25 heavy (non-hydrogen) atoms. The fourth-order valence-corrected chi connectivity index (χ4v) is 2.54. The molecule has 138 valence electrons. The molecule has 0 spiro atoms. The number of aliphatic imine (C=N–C) groups is 1. The predicted molar refractivity (Wildman–Crippen MR) is 108 cm³/mol. The lowest BCUT2D eigenvalue weighted by atomic mass is 10.0. The van der Waals surface area contributed by atoms with Crippen LogP contribution in [0.5, 0.6) is 0 Å². The molecule has 7 heteroatoms. The number of hydrogen-bond donors (Lipinski definition) is 1. The Morgan fingerprint density at radius 3 is 2.56 bits per heavy atom. The van der Waals surface area contributed by atoms with E-state index in [1.165, 1.54) is 11.8 Å². The number of rotatable bonds is 5. The normalized spacial score (nSPS) is 12.5. The Hall–Kier alpha value is -1.64. The number of guanidine groups is 1. The van der Waals surface area contributed by atoms with Crippen molar-refractivity contribution >= 4 is 29.9 Å². The highest BCUT2D eigenvalue weighted by molar-refractivity contribution is 14.0. The Kier molecular flexibility index (Phi) is 8.34. The van der Waals surface area contributed by atoms with Gasteiger partial charge in [0, 0.05) is 39.6 Å². The minimum Gasteiger partial charge on any atom is -0.356 e. The molecule has 0 aliphatic rings. The van der Waals surface area contributed by atoms with E-state index in [9.17, 15) is 8.78 Å². The van der Waals surface area contributed by atoms with Crippen LogP contribution in [0, 0.1) is 11.6 Å². The zero-order chi connectivity index (χ0) is 17.7. The van der Waals surface area contributed by atoms with E-state index in [0.717, 1.165) is 24.1 Å². The highest BCUT2D eigenvalue weighted by Crippen LogP contribution is 2.17. The standard InChI is InChI=1S/C18H24F2N4.HI/c1-13(14-7-8-16(19)17(20)10-14)11-22-18(21-2)24(4)12-15-6-5-9-23(15)3;/h5-10,13H,11-12H2,1-4H3,(H,21,22);1H. The van der Waals surface area contributed by atoms with Crippen LogP contribution >= 0.6 is 24.0 Å².